The molecule has 2 N–H and O–H groups in total. The number of hydrogen-bond donors (Lipinski definition) is 2. The first-order chi connectivity index (χ1) is 9.60. The summed E-state index contributed by atoms with van der Waals surface area (Å²) in [5, 5.41) is 12.2. The number of carboxylic acids is 1. The summed E-state index contributed by atoms with van der Waals surface area (Å²) in [6, 6.07) is 0. The Morgan fingerprint density at radius 2 is 1.65 bits per heavy atom. The summed E-state index contributed by atoms with van der Waals surface area (Å²) in [5.41, 5.74) is -0.288. The van der Waals surface area contributed by atoms with E-state index in [9.17, 15) is 9.59 Å². The molecule has 0 aromatic heterocycles. The third-order valence-electron chi connectivity index (χ3n) is 5.04. The number of aliphatic carboxylic acids is 1. The largest absolute Gasteiger partial charge is 0.481 e. The second kappa shape index (κ2) is 7.09. The Balaban J connectivity index is 1.82. The Hall–Kier alpha value is -1.06. The molecule has 4 heteroatoms. The Kier molecular flexibility index (Phi) is 5.44. The summed E-state index contributed by atoms with van der Waals surface area (Å²) in [4.78, 5) is 23.2. The fraction of sp³-hybridized carbons (Fsp3) is 0.875. The van der Waals surface area contributed by atoms with Gasteiger partial charge in [-0.1, -0.05) is 32.1 Å². The molecular weight excluding hydrogens is 254 g/mol. The van der Waals surface area contributed by atoms with Crippen molar-refractivity contribution in [2.24, 2.45) is 11.3 Å². The molecule has 0 aromatic carbocycles. The topological polar surface area (TPSA) is 66.4 Å². The minimum atomic E-state index is -0.768. The van der Waals surface area contributed by atoms with Crippen LogP contribution in [0.5, 0.6) is 0 Å². The van der Waals surface area contributed by atoms with Crippen molar-refractivity contribution in [3.63, 3.8) is 0 Å². The van der Waals surface area contributed by atoms with Crippen molar-refractivity contribution in [3.05, 3.63) is 0 Å². The van der Waals surface area contributed by atoms with E-state index < -0.39 is 5.97 Å². The quantitative estimate of drug-likeness (QED) is 0.786. The van der Waals surface area contributed by atoms with Crippen LogP contribution in [0.2, 0.25) is 0 Å². The first-order valence-electron chi connectivity index (χ1n) is 8.08. The number of carbonyl (C=O) groups excluding carboxylic acids is 1. The predicted molar refractivity (Wildman–Crippen MR) is 77.4 cm³/mol. The molecule has 0 spiro atoms. The number of hydrogen-bond acceptors (Lipinski definition) is 2. The number of carboxylic acid groups (broad SMARTS) is 1. The molecule has 2 aliphatic carbocycles. The minimum Gasteiger partial charge on any atom is -0.481 e. The summed E-state index contributed by atoms with van der Waals surface area (Å²) in [5.74, 6) is -0.0729. The van der Waals surface area contributed by atoms with Gasteiger partial charge >= 0.3 is 5.97 Å². The van der Waals surface area contributed by atoms with Gasteiger partial charge in [0, 0.05) is 13.0 Å². The molecule has 2 rings (SSSR count). The molecule has 0 saturated heterocycles. The molecule has 0 bridgehead atoms. The van der Waals surface area contributed by atoms with Crippen LogP contribution < -0.4 is 5.32 Å². The smallest absolute Gasteiger partial charge is 0.303 e. The van der Waals surface area contributed by atoms with Gasteiger partial charge < -0.3 is 10.4 Å². The van der Waals surface area contributed by atoms with E-state index in [0.717, 1.165) is 32.2 Å². The van der Waals surface area contributed by atoms with E-state index in [0.29, 0.717) is 12.3 Å². The Bertz CT molecular complexity index is 342. The molecule has 0 atom stereocenters. The highest BCUT2D eigenvalue weighted by molar-refractivity contribution is 5.78. The monoisotopic (exact) mass is 281 g/mol. The fourth-order valence-corrected chi connectivity index (χ4v) is 3.91. The number of amides is 1. The Morgan fingerprint density at radius 1 is 1.00 bits per heavy atom. The molecule has 114 valence electrons. The van der Waals surface area contributed by atoms with E-state index in [2.05, 4.69) is 5.32 Å². The molecule has 0 aliphatic heterocycles. The van der Waals surface area contributed by atoms with E-state index in [1.165, 1.54) is 32.1 Å². The molecular formula is C16H27NO3. The third-order valence-corrected chi connectivity index (χ3v) is 5.04. The van der Waals surface area contributed by atoms with Crippen molar-refractivity contribution in [1.29, 1.82) is 0 Å². The summed E-state index contributed by atoms with van der Waals surface area (Å²) in [7, 11) is 0. The number of rotatable bonds is 6. The average molecular weight is 281 g/mol. The molecule has 2 fully saturated rings. The summed E-state index contributed by atoms with van der Waals surface area (Å²) < 4.78 is 0. The molecule has 1 amide bonds. The Morgan fingerprint density at radius 3 is 2.25 bits per heavy atom. The van der Waals surface area contributed by atoms with Gasteiger partial charge in [-0.25, -0.2) is 0 Å². The molecule has 0 aromatic rings. The minimum absolute atomic E-state index is 0.0556. The number of carbonyl (C=O) groups is 2. The molecule has 0 heterocycles. The summed E-state index contributed by atoms with van der Waals surface area (Å²) in [6.45, 7) is 0.780. The van der Waals surface area contributed by atoms with Crippen LogP contribution in [0, 0.1) is 11.3 Å². The van der Waals surface area contributed by atoms with Gasteiger partial charge in [-0.3, -0.25) is 9.59 Å². The zero-order valence-corrected chi connectivity index (χ0v) is 12.3. The van der Waals surface area contributed by atoms with Crippen LogP contribution in [0.15, 0.2) is 0 Å². The first kappa shape index (κ1) is 15.3. The van der Waals surface area contributed by atoms with Gasteiger partial charge in [-0.2, -0.15) is 0 Å². The zero-order chi connectivity index (χ0) is 14.4. The van der Waals surface area contributed by atoms with Gasteiger partial charge in [0.05, 0.1) is 6.42 Å². The van der Waals surface area contributed by atoms with Crippen molar-refractivity contribution < 1.29 is 14.7 Å². The van der Waals surface area contributed by atoms with E-state index in [-0.39, 0.29) is 17.7 Å². The van der Waals surface area contributed by atoms with Crippen LogP contribution in [0.1, 0.15) is 70.6 Å². The van der Waals surface area contributed by atoms with Crippen LogP contribution in [0.4, 0.5) is 0 Å². The highest BCUT2D eigenvalue weighted by atomic mass is 16.4. The van der Waals surface area contributed by atoms with Gasteiger partial charge in [0.15, 0.2) is 0 Å². The normalized spacial score (nSPS) is 22.6. The Labute approximate surface area is 121 Å². The van der Waals surface area contributed by atoms with Gasteiger partial charge in [-0.05, 0) is 37.0 Å². The maximum atomic E-state index is 12.2. The van der Waals surface area contributed by atoms with Crippen LogP contribution in [0.3, 0.4) is 0 Å². The zero-order valence-electron chi connectivity index (χ0n) is 12.3. The van der Waals surface area contributed by atoms with E-state index in [1.54, 1.807) is 0 Å². The van der Waals surface area contributed by atoms with Crippen molar-refractivity contribution in [2.45, 2.75) is 70.6 Å². The van der Waals surface area contributed by atoms with Gasteiger partial charge in [0.25, 0.3) is 0 Å². The second-order valence-corrected chi connectivity index (χ2v) is 6.76. The van der Waals surface area contributed by atoms with E-state index >= 15 is 0 Å². The van der Waals surface area contributed by atoms with Crippen molar-refractivity contribution in [3.8, 4) is 0 Å². The lowest BCUT2D eigenvalue weighted by molar-refractivity contribution is -0.141. The highest BCUT2D eigenvalue weighted by Gasteiger charge is 2.36. The van der Waals surface area contributed by atoms with Crippen LogP contribution >= 0.6 is 0 Å². The lowest BCUT2D eigenvalue weighted by atomic mass is 9.69. The maximum absolute atomic E-state index is 12.2. The standard InChI is InChI=1S/C16H27NO3/c18-14(17-12-13-6-2-3-7-13)10-16(11-15(19)20)8-4-1-5-9-16/h13H,1-12H2,(H,17,18)(H,19,20). The lowest BCUT2D eigenvalue weighted by Gasteiger charge is -2.35. The van der Waals surface area contributed by atoms with Gasteiger partial charge in [0.1, 0.15) is 0 Å². The molecule has 20 heavy (non-hydrogen) atoms. The van der Waals surface area contributed by atoms with Gasteiger partial charge in [0.2, 0.25) is 5.91 Å². The SMILES string of the molecule is O=C(O)CC1(CC(=O)NCC2CCCC2)CCCCC1. The maximum Gasteiger partial charge on any atom is 0.303 e. The van der Waals surface area contributed by atoms with Crippen molar-refractivity contribution in [1.82, 2.24) is 5.32 Å². The number of nitrogens with one attached hydrogen (secondary N) is 1. The van der Waals surface area contributed by atoms with Crippen LogP contribution in [-0.4, -0.2) is 23.5 Å². The fourth-order valence-electron chi connectivity index (χ4n) is 3.91. The molecule has 0 radical (unpaired) electrons. The van der Waals surface area contributed by atoms with Crippen molar-refractivity contribution in [2.75, 3.05) is 6.54 Å². The highest BCUT2D eigenvalue weighted by Crippen LogP contribution is 2.42. The first-order valence-corrected chi connectivity index (χ1v) is 8.08. The second-order valence-electron chi connectivity index (χ2n) is 6.76. The molecule has 0 unspecified atom stereocenters. The van der Waals surface area contributed by atoms with Gasteiger partial charge in [-0.15, -0.1) is 0 Å². The third kappa shape index (κ3) is 4.50. The predicted octanol–water partition coefficient (Wildman–Crippen LogP) is 3.11. The van der Waals surface area contributed by atoms with E-state index in [1.807, 2.05) is 0 Å². The summed E-state index contributed by atoms with van der Waals surface area (Å²) >= 11 is 0. The van der Waals surface area contributed by atoms with Crippen LogP contribution in [0.25, 0.3) is 0 Å². The van der Waals surface area contributed by atoms with Crippen molar-refractivity contribution >= 4 is 11.9 Å². The van der Waals surface area contributed by atoms with Crippen LogP contribution in [-0.2, 0) is 9.59 Å². The summed E-state index contributed by atoms with van der Waals surface area (Å²) in [6.07, 6.45) is 10.6. The molecule has 4 nitrogen and oxygen atoms in total. The molecule has 2 aliphatic rings. The molecule has 2 saturated carbocycles. The lowest BCUT2D eigenvalue weighted by Crippen LogP contribution is -2.36. The average Bonchev–Trinajstić information content (AvgIpc) is 2.89. The van der Waals surface area contributed by atoms with E-state index in [4.69, 9.17) is 5.11 Å².